The second-order valence-electron chi connectivity index (χ2n) is 5.96. The van der Waals surface area contributed by atoms with Crippen molar-refractivity contribution in [3.05, 3.63) is 50.7 Å². The van der Waals surface area contributed by atoms with Crippen molar-refractivity contribution >= 4 is 28.4 Å². The smallest absolute Gasteiger partial charge is 0.143 e. The van der Waals surface area contributed by atoms with Gasteiger partial charge in [-0.05, 0) is 40.3 Å². The molecule has 0 aliphatic heterocycles. The summed E-state index contributed by atoms with van der Waals surface area (Å²) in [6, 6.07) is 6.57. The molecule has 1 N–H and O–H groups in total. The SMILES string of the molecule is CNc1nc(Cc2cccc(F)c2)nc(C(C)(C)C)c1I. The minimum atomic E-state index is -0.233. The lowest BCUT2D eigenvalue weighted by atomic mass is 9.91. The minimum Gasteiger partial charge on any atom is -0.372 e. The van der Waals surface area contributed by atoms with Crippen LogP contribution in [0.3, 0.4) is 0 Å². The Morgan fingerprint density at radius 1 is 1.24 bits per heavy atom. The highest BCUT2D eigenvalue weighted by Crippen LogP contribution is 2.29. The predicted molar refractivity (Wildman–Crippen MR) is 92.2 cm³/mol. The number of hydrogen-bond acceptors (Lipinski definition) is 3. The van der Waals surface area contributed by atoms with Gasteiger partial charge in [0, 0.05) is 18.9 Å². The number of halogens is 2. The molecule has 0 aliphatic carbocycles. The zero-order valence-corrected chi connectivity index (χ0v) is 14.8. The Hall–Kier alpha value is -1.24. The Bertz CT molecular complexity index is 650. The molecule has 0 fully saturated rings. The van der Waals surface area contributed by atoms with Crippen LogP contribution in [-0.2, 0) is 11.8 Å². The highest BCUT2D eigenvalue weighted by Gasteiger charge is 2.22. The summed E-state index contributed by atoms with van der Waals surface area (Å²) >= 11 is 2.27. The summed E-state index contributed by atoms with van der Waals surface area (Å²) in [6.07, 6.45) is 0.520. The average molecular weight is 399 g/mol. The lowest BCUT2D eigenvalue weighted by molar-refractivity contribution is 0.559. The van der Waals surface area contributed by atoms with E-state index >= 15 is 0 Å². The van der Waals surface area contributed by atoms with Gasteiger partial charge >= 0.3 is 0 Å². The van der Waals surface area contributed by atoms with E-state index in [-0.39, 0.29) is 11.2 Å². The minimum absolute atomic E-state index is 0.0677. The lowest BCUT2D eigenvalue weighted by Crippen LogP contribution is -2.19. The summed E-state index contributed by atoms with van der Waals surface area (Å²) in [4.78, 5) is 9.23. The van der Waals surface area contributed by atoms with Crippen molar-refractivity contribution in [1.82, 2.24) is 9.97 Å². The molecule has 0 radical (unpaired) electrons. The van der Waals surface area contributed by atoms with Crippen LogP contribution in [0.25, 0.3) is 0 Å². The number of nitrogens with one attached hydrogen (secondary N) is 1. The summed E-state index contributed by atoms with van der Waals surface area (Å²) in [5.41, 5.74) is 1.81. The third kappa shape index (κ3) is 3.90. The van der Waals surface area contributed by atoms with Gasteiger partial charge in [-0.1, -0.05) is 32.9 Å². The van der Waals surface area contributed by atoms with Gasteiger partial charge < -0.3 is 5.32 Å². The van der Waals surface area contributed by atoms with Crippen LogP contribution >= 0.6 is 22.6 Å². The van der Waals surface area contributed by atoms with Crippen molar-refractivity contribution in [2.45, 2.75) is 32.6 Å². The van der Waals surface area contributed by atoms with Crippen molar-refractivity contribution in [3.63, 3.8) is 0 Å². The Morgan fingerprint density at radius 2 is 1.95 bits per heavy atom. The Labute approximate surface area is 138 Å². The highest BCUT2D eigenvalue weighted by molar-refractivity contribution is 14.1. The maximum absolute atomic E-state index is 13.3. The fourth-order valence-corrected chi connectivity index (χ4v) is 3.38. The van der Waals surface area contributed by atoms with Gasteiger partial charge in [0.2, 0.25) is 0 Å². The molecule has 5 heteroatoms. The van der Waals surface area contributed by atoms with Gasteiger partial charge in [0.25, 0.3) is 0 Å². The monoisotopic (exact) mass is 399 g/mol. The third-order valence-corrected chi connectivity index (χ3v) is 4.12. The van der Waals surface area contributed by atoms with Crippen molar-refractivity contribution in [1.29, 1.82) is 0 Å². The number of aromatic nitrogens is 2. The van der Waals surface area contributed by atoms with Crippen LogP contribution < -0.4 is 5.32 Å². The van der Waals surface area contributed by atoms with E-state index in [4.69, 9.17) is 4.98 Å². The zero-order chi connectivity index (χ0) is 15.6. The van der Waals surface area contributed by atoms with Gasteiger partial charge in [-0.25, -0.2) is 14.4 Å². The highest BCUT2D eigenvalue weighted by atomic mass is 127. The molecule has 0 spiro atoms. The number of rotatable bonds is 3. The predicted octanol–water partition coefficient (Wildman–Crippen LogP) is 4.15. The molecule has 0 aliphatic rings. The van der Waals surface area contributed by atoms with Gasteiger partial charge in [-0.15, -0.1) is 0 Å². The van der Waals surface area contributed by atoms with Crippen LogP contribution in [0.4, 0.5) is 10.2 Å². The first-order valence-corrected chi connectivity index (χ1v) is 7.88. The van der Waals surface area contributed by atoms with E-state index in [0.717, 1.165) is 20.6 Å². The molecule has 0 atom stereocenters. The molecule has 0 saturated heterocycles. The van der Waals surface area contributed by atoms with Crippen molar-refractivity contribution in [2.75, 3.05) is 12.4 Å². The molecular formula is C16H19FIN3. The molecule has 0 saturated carbocycles. The molecule has 112 valence electrons. The summed E-state index contributed by atoms with van der Waals surface area (Å²) in [5, 5.41) is 3.11. The summed E-state index contributed by atoms with van der Waals surface area (Å²) in [7, 11) is 1.85. The van der Waals surface area contributed by atoms with Gasteiger partial charge in [0.15, 0.2) is 0 Å². The first-order chi connectivity index (χ1) is 9.81. The number of hydrogen-bond donors (Lipinski definition) is 1. The van der Waals surface area contributed by atoms with E-state index in [2.05, 4.69) is 53.7 Å². The quantitative estimate of drug-likeness (QED) is 0.789. The van der Waals surface area contributed by atoms with Crippen molar-refractivity contribution in [2.24, 2.45) is 0 Å². The zero-order valence-electron chi connectivity index (χ0n) is 12.7. The van der Waals surface area contributed by atoms with Crippen LogP contribution in [0.1, 0.15) is 37.9 Å². The van der Waals surface area contributed by atoms with Gasteiger partial charge in [0.05, 0.1) is 9.26 Å². The number of anilines is 1. The van der Waals surface area contributed by atoms with E-state index in [1.54, 1.807) is 6.07 Å². The Kier molecular flexibility index (Phi) is 4.81. The molecule has 1 aromatic heterocycles. The fraction of sp³-hybridized carbons (Fsp3) is 0.375. The van der Waals surface area contributed by atoms with E-state index in [0.29, 0.717) is 12.2 Å². The van der Waals surface area contributed by atoms with Crippen LogP contribution in [0, 0.1) is 9.39 Å². The summed E-state index contributed by atoms with van der Waals surface area (Å²) in [6.45, 7) is 6.38. The molecule has 1 heterocycles. The van der Waals surface area contributed by atoms with E-state index in [1.165, 1.54) is 12.1 Å². The molecule has 2 aromatic rings. The molecule has 21 heavy (non-hydrogen) atoms. The lowest BCUT2D eigenvalue weighted by Gasteiger charge is -2.21. The molecule has 1 aromatic carbocycles. The third-order valence-electron chi connectivity index (χ3n) is 3.10. The van der Waals surface area contributed by atoms with Crippen LogP contribution in [0.15, 0.2) is 24.3 Å². The topological polar surface area (TPSA) is 37.8 Å². The van der Waals surface area contributed by atoms with Gasteiger partial charge in [0.1, 0.15) is 17.5 Å². The molecular weight excluding hydrogens is 380 g/mol. The van der Waals surface area contributed by atoms with E-state index < -0.39 is 0 Å². The standard InChI is InChI=1S/C16H19FIN3/c1-16(2,3)14-13(18)15(19-4)21-12(20-14)9-10-6-5-7-11(17)8-10/h5-8H,9H2,1-4H3,(H,19,20,21). The molecule has 0 amide bonds. The first-order valence-electron chi connectivity index (χ1n) is 6.80. The van der Waals surface area contributed by atoms with Crippen molar-refractivity contribution in [3.8, 4) is 0 Å². The van der Waals surface area contributed by atoms with Crippen LogP contribution in [0.5, 0.6) is 0 Å². The Balaban J connectivity index is 2.45. The Morgan fingerprint density at radius 3 is 2.52 bits per heavy atom. The van der Waals surface area contributed by atoms with Gasteiger partial charge in [-0.3, -0.25) is 0 Å². The largest absolute Gasteiger partial charge is 0.372 e. The fourth-order valence-electron chi connectivity index (χ4n) is 2.06. The van der Waals surface area contributed by atoms with Gasteiger partial charge in [-0.2, -0.15) is 0 Å². The number of nitrogens with zero attached hydrogens (tertiary/aromatic N) is 2. The van der Waals surface area contributed by atoms with Crippen LogP contribution in [-0.4, -0.2) is 17.0 Å². The molecule has 3 nitrogen and oxygen atoms in total. The molecule has 0 unspecified atom stereocenters. The second kappa shape index (κ2) is 6.25. The normalized spacial score (nSPS) is 11.5. The summed E-state index contributed by atoms with van der Waals surface area (Å²) < 4.78 is 14.3. The van der Waals surface area contributed by atoms with E-state index in [1.807, 2.05) is 13.1 Å². The number of benzene rings is 1. The molecule has 0 bridgehead atoms. The average Bonchev–Trinajstić information content (AvgIpc) is 2.39. The van der Waals surface area contributed by atoms with Crippen molar-refractivity contribution < 1.29 is 4.39 Å². The maximum atomic E-state index is 13.3. The molecule has 2 rings (SSSR count). The van der Waals surface area contributed by atoms with E-state index in [9.17, 15) is 4.39 Å². The van der Waals surface area contributed by atoms with Crippen LogP contribution in [0.2, 0.25) is 0 Å². The summed E-state index contributed by atoms with van der Waals surface area (Å²) in [5.74, 6) is 1.29. The second-order valence-corrected chi connectivity index (χ2v) is 7.04. The first kappa shape index (κ1) is 16.1. The maximum Gasteiger partial charge on any atom is 0.143 e.